The molecule has 0 aromatic heterocycles. The molecule has 0 bridgehead atoms. The van der Waals surface area contributed by atoms with Gasteiger partial charge in [0.15, 0.2) is 6.61 Å². The Balaban J connectivity index is 2.37. The molecule has 1 atom stereocenters. The van der Waals surface area contributed by atoms with Gasteiger partial charge in [-0.2, -0.15) is 0 Å². The van der Waals surface area contributed by atoms with Crippen molar-refractivity contribution < 1.29 is 14.3 Å². The number of hydrogen-bond acceptors (Lipinski definition) is 3. The van der Waals surface area contributed by atoms with E-state index in [1.54, 1.807) is 7.11 Å². The molecule has 4 heteroatoms. The average molecular weight is 251 g/mol. The van der Waals surface area contributed by atoms with Crippen molar-refractivity contribution in [2.75, 3.05) is 20.3 Å². The summed E-state index contributed by atoms with van der Waals surface area (Å²) < 4.78 is 10.4. The standard InChI is InChI=1S/C14H21NO3/c1-4-12-6-5-7-13(8-12)18-10-14(16)15-11(2)9-17-3/h5-8,11H,4,9-10H2,1-3H3,(H,15,16). The van der Waals surface area contributed by atoms with Crippen LogP contribution in [0.4, 0.5) is 0 Å². The van der Waals surface area contributed by atoms with Gasteiger partial charge in [-0.05, 0) is 31.0 Å². The summed E-state index contributed by atoms with van der Waals surface area (Å²) in [7, 11) is 1.61. The molecule has 18 heavy (non-hydrogen) atoms. The van der Waals surface area contributed by atoms with Gasteiger partial charge in [-0.3, -0.25) is 4.79 Å². The Morgan fingerprint density at radius 3 is 2.89 bits per heavy atom. The maximum Gasteiger partial charge on any atom is 0.258 e. The third-order valence-corrected chi connectivity index (χ3v) is 2.50. The first-order chi connectivity index (χ1) is 8.65. The first-order valence-corrected chi connectivity index (χ1v) is 6.15. The average Bonchev–Trinajstić information content (AvgIpc) is 2.37. The van der Waals surface area contributed by atoms with E-state index in [1.807, 2.05) is 31.2 Å². The number of nitrogens with one attached hydrogen (secondary N) is 1. The zero-order valence-electron chi connectivity index (χ0n) is 11.2. The van der Waals surface area contributed by atoms with Gasteiger partial charge >= 0.3 is 0 Å². The highest BCUT2D eigenvalue weighted by molar-refractivity contribution is 5.77. The van der Waals surface area contributed by atoms with E-state index in [-0.39, 0.29) is 18.6 Å². The molecule has 1 N–H and O–H groups in total. The molecular formula is C14H21NO3. The number of amides is 1. The highest BCUT2D eigenvalue weighted by atomic mass is 16.5. The molecule has 1 amide bonds. The van der Waals surface area contributed by atoms with Crippen LogP contribution in [0.1, 0.15) is 19.4 Å². The highest BCUT2D eigenvalue weighted by Crippen LogP contribution is 2.13. The Labute approximate surface area is 108 Å². The molecule has 0 saturated carbocycles. The number of ether oxygens (including phenoxy) is 2. The predicted molar refractivity (Wildman–Crippen MR) is 70.8 cm³/mol. The van der Waals surface area contributed by atoms with Crippen LogP contribution in [0.2, 0.25) is 0 Å². The quantitative estimate of drug-likeness (QED) is 0.803. The van der Waals surface area contributed by atoms with Crippen molar-refractivity contribution in [3.8, 4) is 5.75 Å². The van der Waals surface area contributed by atoms with E-state index in [4.69, 9.17) is 9.47 Å². The van der Waals surface area contributed by atoms with Gasteiger partial charge in [0.05, 0.1) is 6.61 Å². The third-order valence-electron chi connectivity index (χ3n) is 2.50. The Bertz CT molecular complexity index is 379. The SMILES string of the molecule is CCc1cccc(OCC(=O)NC(C)COC)c1. The fraction of sp³-hybridized carbons (Fsp3) is 0.500. The molecule has 1 rings (SSSR count). The maximum atomic E-state index is 11.6. The van der Waals surface area contributed by atoms with Gasteiger partial charge in [-0.15, -0.1) is 0 Å². The molecule has 0 radical (unpaired) electrons. The Morgan fingerprint density at radius 2 is 2.22 bits per heavy atom. The number of aryl methyl sites for hydroxylation is 1. The lowest BCUT2D eigenvalue weighted by atomic mass is 10.2. The minimum Gasteiger partial charge on any atom is -0.484 e. The van der Waals surface area contributed by atoms with Gasteiger partial charge in [-0.25, -0.2) is 0 Å². The Morgan fingerprint density at radius 1 is 1.44 bits per heavy atom. The zero-order valence-corrected chi connectivity index (χ0v) is 11.2. The first kappa shape index (κ1) is 14.5. The summed E-state index contributed by atoms with van der Waals surface area (Å²) in [5, 5.41) is 2.79. The third kappa shape index (κ3) is 5.19. The van der Waals surface area contributed by atoms with Crippen LogP contribution in [-0.2, 0) is 16.0 Å². The van der Waals surface area contributed by atoms with E-state index in [1.165, 1.54) is 5.56 Å². The minimum atomic E-state index is -0.138. The lowest BCUT2D eigenvalue weighted by Gasteiger charge is -2.13. The molecule has 1 aromatic rings. The summed E-state index contributed by atoms with van der Waals surface area (Å²) in [6.45, 7) is 4.50. The molecule has 0 saturated heterocycles. The monoisotopic (exact) mass is 251 g/mol. The van der Waals surface area contributed by atoms with E-state index in [0.717, 1.165) is 12.2 Å². The lowest BCUT2D eigenvalue weighted by molar-refractivity contribution is -0.124. The van der Waals surface area contributed by atoms with Gasteiger partial charge in [0.1, 0.15) is 5.75 Å². The van der Waals surface area contributed by atoms with Crippen LogP contribution >= 0.6 is 0 Å². The van der Waals surface area contributed by atoms with Crippen LogP contribution in [0.25, 0.3) is 0 Å². The van der Waals surface area contributed by atoms with Crippen molar-refractivity contribution in [3.05, 3.63) is 29.8 Å². The molecule has 1 unspecified atom stereocenters. The van der Waals surface area contributed by atoms with Crippen molar-refractivity contribution in [1.82, 2.24) is 5.32 Å². The second-order valence-corrected chi connectivity index (χ2v) is 4.21. The van der Waals surface area contributed by atoms with Crippen LogP contribution in [0.3, 0.4) is 0 Å². The Hall–Kier alpha value is -1.55. The van der Waals surface area contributed by atoms with Crippen molar-refractivity contribution >= 4 is 5.91 Å². The summed E-state index contributed by atoms with van der Waals surface area (Å²) in [5.74, 6) is 0.588. The van der Waals surface area contributed by atoms with Gasteiger partial charge in [0, 0.05) is 13.2 Å². The number of rotatable bonds is 7. The van der Waals surface area contributed by atoms with Crippen LogP contribution < -0.4 is 10.1 Å². The van der Waals surface area contributed by atoms with Crippen LogP contribution in [-0.4, -0.2) is 32.3 Å². The zero-order chi connectivity index (χ0) is 13.4. The molecule has 0 heterocycles. The number of methoxy groups -OCH3 is 1. The molecule has 0 aliphatic rings. The second kappa shape index (κ2) is 7.71. The highest BCUT2D eigenvalue weighted by Gasteiger charge is 2.07. The normalized spacial score (nSPS) is 11.9. The lowest BCUT2D eigenvalue weighted by Crippen LogP contribution is -2.38. The van der Waals surface area contributed by atoms with Crippen molar-refractivity contribution in [2.45, 2.75) is 26.3 Å². The summed E-state index contributed by atoms with van der Waals surface area (Å²) in [6.07, 6.45) is 0.953. The molecule has 0 aliphatic carbocycles. The topological polar surface area (TPSA) is 47.6 Å². The first-order valence-electron chi connectivity index (χ1n) is 6.15. The van der Waals surface area contributed by atoms with Crippen molar-refractivity contribution in [1.29, 1.82) is 0 Å². The molecule has 0 aliphatic heterocycles. The molecule has 1 aromatic carbocycles. The molecule has 4 nitrogen and oxygen atoms in total. The van der Waals surface area contributed by atoms with E-state index in [0.29, 0.717) is 6.61 Å². The smallest absolute Gasteiger partial charge is 0.258 e. The number of carbonyl (C=O) groups excluding carboxylic acids is 1. The number of carbonyl (C=O) groups is 1. The largest absolute Gasteiger partial charge is 0.484 e. The summed E-state index contributed by atoms with van der Waals surface area (Å²) in [5.41, 5.74) is 1.20. The van der Waals surface area contributed by atoms with Crippen molar-refractivity contribution in [3.63, 3.8) is 0 Å². The number of hydrogen-bond donors (Lipinski definition) is 1. The summed E-state index contributed by atoms with van der Waals surface area (Å²) in [6, 6.07) is 7.76. The predicted octanol–water partition coefficient (Wildman–Crippen LogP) is 1.78. The van der Waals surface area contributed by atoms with E-state index < -0.39 is 0 Å². The van der Waals surface area contributed by atoms with Gasteiger partial charge in [0.25, 0.3) is 5.91 Å². The molecular weight excluding hydrogens is 230 g/mol. The van der Waals surface area contributed by atoms with Gasteiger partial charge in [-0.1, -0.05) is 19.1 Å². The molecule has 0 spiro atoms. The van der Waals surface area contributed by atoms with Gasteiger partial charge in [0.2, 0.25) is 0 Å². The second-order valence-electron chi connectivity index (χ2n) is 4.21. The van der Waals surface area contributed by atoms with Crippen LogP contribution in [0.5, 0.6) is 5.75 Å². The fourth-order valence-electron chi connectivity index (χ4n) is 1.61. The number of benzene rings is 1. The van der Waals surface area contributed by atoms with Crippen LogP contribution in [0, 0.1) is 0 Å². The fourth-order valence-corrected chi connectivity index (χ4v) is 1.61. The molecule has 100 valence electrons. The summed E-state index contributed by atoms with van der Waals surface area (Å²) >= 11 is 0. The Kier molecular flexibility index (Phi) is 6.22. The summed E-state index contributed by atoms with van der Waals surface area (Å²) in [4.78, 5) is 11.6. The molecule has 0 fully saturated rings. The minimum absolute atomic E-state index is 0.00641. The maximum absolute atomic E-state index is 11.6. The van der Waals surface area contributed by atoms with Crippen molar-refractivity contribution in [2.24, 2.45) is 0 Å². The van der Waals surface area contributed by atoms with Crippen LogP contribution in [0.15, 0.2) is 24.3 Å². The van der Waals surface area contributed by atoms with Gasteiger partial charge < -0.3 is 14.8 Å². The van der Waals surface area contributed by atoms with E-state index >= 15 is 0 Å². The van der Waals surface area contributed by atoms with E-state index in [2.05, 4.69) is 12.2 Å². The van der Waals surface area contributed by atoms with E-state index in [9.17, 15) is 4.79 Å².